The summed E-state index contributed by atoms with van der Waals surface area (Å²) in [7, 11) is 0. The molecule has 0 bridgehead atoms. The van der Waals surface area contributed by atoms with Crippen molar-refractivity contribution in [1.82, 2.24) is 15.5 Å². The highest BCUT2D eigenvalue weighted by atomic mass is 16.6. The van der Waals surface area contributed by atoms with E-state index in [1.54, 1.807) is 49.4 Å². The summed E-state index contributed by atoms with van der Waals surface area (Å²) in [6.45, 7) is 1.39. The Bertz CT molecular complexity index is 2580. The Kier molecular flexibility index (Phi) is 11.5. The number of urea groups is 2. The number of fused-ring (bicyclic) bond motifs is 3. The lowest BCUT2D eigenvalue weighted by atomic mass is 9.65. The molecule has 5 aromatic carbocycles. The number of primary amides is 2. The molecule has 3 aliphatic heterocycles. The molecule has 7 atom stereocenters. The third kappa shape index (κ3) is 7.27. The number of aliphatic hydroxyl groups excluding tert-OH is 1. The largest absolute Gasteiger partial charge is 0.491 e. The first-order valence-corrected chi connectivity index (χ1v) is 20.1. The number of hydrogen-bond acceptors (Lipinski definition) is 9. The van der Waals surface area contributed by atoms with E-state index in [0.29, 0.717) is 22.4 Å². The first kappa shape index (κ1) is 41.3. The topological polar surface area (TPSA) is 207 Å². The van der Waals surface area contributed by atoms with Crippen molar-refractivity contribution in [3.8, 4) is 17.6 Å². The molecular weight excluding hydrogens is 789 g/mol. The molecule has 3 heterocycles. The fourth-order valence-electron chi connectivity index (χ4n) is 9.31. The van der Waals surface area contributed by atoms with Gasteiger partial charge in [-0.2, -0.15) is 0 Å². The normalized spacial score (nSPS) is 23.0. The molecule has 7 N–H and O–H groups in total. The smallest absolute Gasteiger partial charge is 0.329 e. The minimum atomic E-state index is -2.07. The van der Waals surface area contributed by atoms with Crippen molar-refractivity contribution < 1.29 is 38.6 Å². The van der Waals surface area contributed by atoms with E-state index < -0.39 is 71.5 Å². The van der Waals surface area contributed by atoms with Gasteiger partial charge >= 0.3 is 18.0 Å². The molecule has 5 aromatic rings. The Morgan fingerprint density at radius 2 is 1.50 bits per heavy atom. The molecule has 3 aliphatic rings. The SMILES string of the molecule is C[C@@H](NC(=O)N1C(=O)[C@@]2(c3cc(C#CCNC(N)=O)ccc31)[C@H](C(N)=O)[C@H]1C(=O)O[C@H](c3ccccc3)[C@H](c3ccccc3)N1[C@@H]2c1cccc(OCCO)c1)c1ccccc1. The van der Waals surface area contributed by atoms with Gasteiger partial charge in [0.25, 0.3) is 0 Å². The number of esters is 1. The van der Waals surface area contributed by atoms with Gasteiger partial charge < -0.3 is 36.7 Å². The standard InChI is InChI=1S/C48H44N6O8/c1-29(31-14-5-2-6-15-31)52-47(60)53-37-23-22-30(13-12-24-51-46(50)59)27-36(37)48(45(53)58)38(43(49)56)40-44(57)62-41(33-18-9-4-10-19-33)39(32-16-7-3-8-17-32)54(40)42(48)34-20-11-21-35(28-34)61-26-25-55/h2-11,14-23,27-29,38-42,55H,24-26H2,1H3,(H2,49,56)(H,52,60)(H3,50,51,59)/t29-,38+,39+,40+,41-,42-,48+/m1/s1. The number of rotatable bonds is 10. The van der Waals surface area contributed by atoms with E-state index in [0.717, 1.165) is 16.0 Å². The number of ether oxygens (including phenoxy) is 2. The lowest BCUT2D eigenvalue weighted by Gasteiger charge is -2.46. The van der Waals surface area contributed by atoms with Crippen LogP contribution in [0, 0.1) is 17.8 Å². The van der Waals surface area contributed by atoms with E-state index in [1.807, 2.05) is 95.9 Å². The van der Waals surface area contributed by atoms with Crippen LogP contribution < -0.4 is 31.7 Å². The van der Waals surface area contributed by atoms with Crippen LogP contribution in [0.25, 0.3) is 0 Å². The molecule has 14 heteroatoms. The van der Waals surface area contributed by atoms with Crippen molar-refractivity contribution in [3.63, 3.8) is 0 Å². The zero-order chi connectivity index (χ0) is 43.5. The lowest BCUT2D eigenvalue weighted by Crippen LogP contribution is -2.55. The number of nitrogens with two attached hydrogens (primary N) is 2. The van der Waals surface area contributed by atoms with Crippen molar-refractivity contribution in [2.75, 3.05) is 24.7 Å². The molecule has 1 spiro atoms. The highest BCUT2D eigenvalue weighted by molar-refractivity contribution is 6.24. The molecule has 14 nitrogen and oxygen atoms in total. The maximum atomic E-state index is 16.1. The Labute approximate surface area is 357 Å². The van der Waals surface area contributed by atoms with Crippen LogP contribution in [0.15, 0.2) is 133 Å². The minimum Gasteiger partial charge on any atom is -0.491 e. The van der Waals surface area contributed by atoms with E-state index in [2.05, 4.69) is 22.5 Å². The fraction of sp³-hybridized carbons (Fsp3) is 0.229. The first-order valence-electron chi connectivity index (χ1n) is 20.1. The van der Waals surface area contributed by atoms with Gasteiger partial charge in [0.05, 0.1) is 42.9 Å². The molecule has 0 aromatic heterocycles. The predicted octanol–water partition coefficient (Wildman–Crippen LogP) is 4.70. The number of benzene rings is 5. The average Bonchev–Trinajstić information content (AvgIpc) is 3.74. The third-order valence-corrected chi connectivity index (χ3v) is 11.7. The van der Waals surface area contributed by atoms with Crippen molar-refractivity contribution in [2.24, 2.45) is 17.4 Å². The number of imide groups is 1. The number of carbonyl (C=O) groups is 5. The predicted molar refractivity (Wildman–Crippen MR) is 228 cm³/mol. The van der Waals surface area contributed by atoms with Gasteiger partial charge in [-0.25, -0.2) is 14.5 Å². The number of hydrogen-bond donors (Lipinski definition) is 5. The molecular formula is C48H44N6O8. The van der Waals surface area contributed by atoms with Crippen LogP contribution in [0.1, 0.15) is 64.5 Å². The molecule has 2 fully saturated rings. The Hall–Kier alpha value is -7.47. The van der Waals surface area contributed by atoms with Gasteiger partial charge in [0.15, 0.2) is 0 Å². The molecule has 0 aliphatic carbocycles. The second-order valence-electron chi connectivity index (χ2n) is 15.3. The van der Waals surface area contributed by atoms with Gasteiger partial charge in [-0.15, -0.1) is 0 Å². The van der Waals surface area contributed by atoms with E-state index in [-0.39, 0.29) is 31.0 Å². The molecule has 0 radical (unpaired) electrons. The van der Waals surface area contributed by atoms with Gasteiger partial charge in [-0.3, -0.25) is 19.3 Å². The van der Waals surface area contributed by atoms with Crippen LogP contribution in [0.5, 0.6) is 5.75 Å². The molecule has 2 saturated heterocycles. The number of anilines is 1. The summed E-state index contributed by atoms with van der Waals surface area (Å²) < 4.78 is 12.3. The van der Waals surface area contributed by atoms with E-state index >= 15 is 4.79 Å². The number of carbonyl (C=O) groups excluding carboxylic acids is 5. The van der Waals surface area contributed by atoms with Crippen LogP contribution in [0.4, 0.5) is 15.3 Å². The van der Waals surface area contributed by atoms with E-state index in [9.17, 15) is 24.3 Å². The summed E-state index contributed by atoms with van der Waals surface area (Å²) in [5.41, 5.74) is 13.0. The maximum absolute atomic E-state index is 16.1. The molecule has 62 heavy (non-hydrogen) atoms. The summed E-state index contributed by atoms with van der Waals surface area (Å²) in [4.78, 5) is 74.6. The average molecular weight is 833 g/mol. The van der Waals surface area contributed by atoms with Crippen LogP contribution in [0.3, 0.4) is 0 Å². The van der Waals surface area contributed by atoms with Gasteiger partial charge in [0.2, 0.25) is 11.8 Å². The maximum Gasteiger partial charge on any atom is 0.329 e. The van der Waals surface area contributed by atoms with Crippen molar-refractivity contribution in [1.29, 1.82) is 0 Å². The monoisotopic (exact) mass is 832 g/mol. The minimum absolute atomic E-state index is 0.0352. The number of nitrogens with zero attached hydrogens (tertiary/aromatic N) is 2. The zero-order valence-electron chi connectivity index (χ0n) is 33.6. The Balaban J connectivity index is 1.41. The van der Waals surface area contributed by atoms with Crippen molar-refractivity contribution in [3.05, 3.63) is 167 Å². The second-order valence-corrected chi connectivity index (χ2v) is 15.3. The summed E-state index contributed by atoms with van der Waals surface area (Å²) in [6, 6.07) is 33.9. The first-order chi connectivity index (χ1) is 30.1. The van der Waals surface area contributed by atoms with Crippen LogP contribution in [-0.4, -0.2) is 65.7 Å². The quantitative estimate of drug-likeness (QED) is 0.0976. The summed E-state index contributed by atoms with van der Waals surface area (Å²) in [6.07, 6.45) is -0.931. The van der Waals surface area contributed by atoms with E-state index in [4.69, 9.17) is 20.9 Å². The van der Waals surface area contributed by atoms with Gasteiger partial charge in [-0.1, -0.05) is 115 Å². The zero-order valence-corrected chi connectivity index (χ0v) is 33.6. The molecule has 0 saturated carbocycles. The molecule has 0 unspecified atom stereocenters. The summed E-state index contributed by atoms with van der Waals surface area (Å²) >= 11 is 0. The fourth-order valence-corrected chi connectivity index (χ4v) is 9.31. The number of cyclic esters (lactones) is 1. The van der Waals surface area contributed by atoms with Crippen molar-refractivity contribution >= 4 is 35.5 Å². The Morgan fingerprint density at radius 3 is 2.16 bits per heavy atom. The highest BCUT2D eigenvalue weighted by Crippen LogP contribution is 2.66. The van der Waals surface area contributed by atoms with Crippen molar-refractivity contribution in [2.45, 2.75) is 42.6 Å². The summed E-state index contributed by atoms with van der Waals surface area (Å²) in [5, 5.41) is 15.1. The number of aliphatic hydroxyl groups is 1. The third-order valence-electron chi connectivity index (χ3n) is 11.7. The lowest BCUT2D eigenvalue weighted by molar-refractivity contribution is -0.178. The molecule has 6 amide bonds. The number of morpholine rings is 1. The molecule has 8 rings (SSSR count). The number of nitrogens with one attached hydrogen (secondary N) is 2. The number of amides is 6. The van der Waals surface area contributed by atoms with Gasteiger partial charge in [-0.05, 0) is 65.1 Å². The Morgan fingerprint density at radius 1 is 0.839 bits per heavy atom. The van der Waals surface area contributed by atoms with Crippen LogP contribution >= 0.6 is 0 Å². The molecule has 314 valence electrons. The van der Waals surface area contributed by atoms with Gasteiger partial charge in [0.1, 0.15) is 29.9 Å². The van der Waals surface area contributed by atoms with E-state index in [1.165, 1.54) is 0 Å². The van der Waals surface area contributed by atoms with Gasteiger partial charge in [0, 0.05) is 5.56 Å². The highest BCUT2D eigenvalue weighted by Gasteiger charge is 2.75. The van der Waals surface area contributed by atoms with Crippen LogP contribution in [-0.2, 0) is 24.5 Å². The second kappa shape index (κ2) is 17.3. The summed E-state index contributed by atoms with van der Waals surface area (Å²) in [5.74, 6) is 2.03. The van der Waals surface area contributed by atoms with Crippen LogP contribution in [0.2, 0.25) is 0 Å².